The number of benzene rings is 9. The van der Waals surface area contributed by atoms with Gasteiger partial charge < -0.3 is 9.80 Å². The van der Waals surface area contributed by atoms with Gasteiger partial charge in [-0.05, 0) is 126 Å². The summed E-state index contributed by atoms with van der Waals surface area (Å²) in [5.74, 6) is 0.507. The van der Waals surface area contributed by atoms with E-state index in [1.54, 1.807) is 5.20 Å². The second kappa shape index (κ2) is 14.9. The Morgan fingerprint density at radius 3 is 1.73 bits per heavy atom. The molecule has 2 unspecified atom stereocenters. The van der Waals surface area contributed by atoms with Gasteiger partial charge in [-0.2, -0.15) is 0 Å². The van der Waals surface area contributed by atoms with Gasteiger partial charge >= 0.3 is 0 Å². The van der Waals surface area contributed by atoms with Crippen molar-refractivity contribution < 1.29 is 0 Å². The van der Waals surface area contributed by atoms with Gasteiger partial charge in [-0.25, -0.2) is 0 Å². The summed E-state index contributed by atoms with van der Waals surface area (Å²) in [6, 6.07) is 83.3. The van der Waals surface area contributed by atoms with Crippen LogP contribution < -0.4 is 15.0 Å². The summed E-state index contributed by atoms with van der Waals surface area (Å²) >= 11 is 0. The highest BCUT2D eigenvalue weighted by atomic mass is 28.2. The molecular weight excluding hydrogens is 765 g/mol. The number of nitrogens with zero attached hydrogens (tertiary/aromatic N) is 2. The highest BCUT2D eigenvalue weighted by molar-refractivity contribution is 6.76. The molecule has 0 radical (unpaired) electrons. The lowest BCUT2D eigenvalue weighted by Crippen LogP contribution is -2.34. The summed E-state index contributed by atoms with van der Waals surface area (Å²) in [6.07, 6.45) is 0. The molecule has 0 bridgehead atoms. The van der Waals surface area contributed by atoms with Crippen LogP contribution >= 0.6 is 0 Å². The van der Waals surface area contributed by atoms with Crippen molar-refractivity contribution in [1.29, 1.82) is 0 Å². The summed E-state index contributed by atoms with van der Waals surface area (Å²) in [6.45, 7) is 2.35. The molecule has 9 aromatic rings. The maximum absolute atomic E-state index is 2.58. The van der Waals surface area contributed by atoms with E-state index < -0.39 is 9.52 Å². The zero-order chi connectivity index (χ0) is 41.1. The van der Waals surface area contributed by atoms with Gasteiger partial charge in [0.1, 0.15) is 0 Å². The van der Waals surface area contributed by atoms with Crippen LogP contribution in [0.15, 0.2) is 230 Å². The van der Waals surface area contributed by atoms with Gasteiger partial charge in [0.25, 0.3) is 0 Å². The molecular formula is C59H44N2Si. The highest BCUT2D eigenvalue weighted by Crippen LogP contribution is 2.52. The average molecular weight is 809 g/mol. The third kappa shape index (κ3) is 6.00. The quantitative estimate of drug-likeness (QED) is 0.148. The summed E-state index contributed by atoms with van der Waals surface area (Å²) in [7, 11) is -0.867. The molecule has 0 spiro atoms. The van der Waals surface area contributed by atoms with Crippen molar-refractivity contribution >= 4 is 48.3 Å². The zero-order valence-electron chi connectivity index (χ0n) is 34.6. The zero-order valence-corrected chi connectivity index (χ0v) is 36.0. The number of rotatable bonds is 7. The largest absolute Gasteiger partial charge is 0.313 e. The number of hydrogen-bond donors (Lipinski definition) is 0. The van der Waals surface area contributed by atoms with Crippen molar-refractivity contribution in [2.24, 2.45) is 0 Å². The Morgan fingerprint density at radius 2 is 0.984 bits per heavy atom. The van der Waals surface area contributed by atoms with Gasteiger partial charge in [-0.3, -0.25) is 0 Å². The van der Waals surface area contributed by atoms with Crippen molar-refractivity contribution in [2.75, 3.05) is 9.80 Å². The first-order chi connectivity index (χ1) is 30.7. The number of para-hydroxylation sites is 1. The van der Waals surface area contributed by atoms with Crippen LogP contribution in [0.25, 0.3) is 38.6 Å². The lowest BCUT2D eigenvalue weighted by atomic mass is 9.90. The Bertz CT molecular complexity index is 3190. The monoisotopic (exact) mass is 808 g/mol. The molecule has 9 aromatic carbocycles. The van der Waals surface area contributed by atoms with E-state index in [4.69, 9.17) is 0 Å². The number of hydrogen-bond acceptors (Lipinski definition) is 2. The van der Waals surface area contributed by atoms with Crippen molar-refractivity contribution in [1.82, 2.24) is 0 Å². The Morgan fingerprint density at radius 1 is 0.419 bits per heavy atom. The standard InChI is InChI=1S/C59H44N2Si/c1-39-49-27-11-12-28-50(49)51-33-32-48(38-54(39)51)60(46-25-15-21-42(35-46)40-17-5-2-6-18-40)47-26-16-22-43(36-47)44-31-34-55-56(37-44)62-59-53-30-14-13-29-52(53)57(41-19-7-3-8-20-41)58(59)61(55)45-23-9-4-10-24-45/h2-39,57H,62H2,1H3. The van der Waals surface area contributed by atoms with E-state index in [9.17, 15) is 0 Å². The molecule has 3 heteroatoms. The molecule has 2 aliphatic carbocycles. The lowest BCUT2D eigenvalue weighted by Gasteiger charge is -2.36. The molecule has 1 aliphatic heterocycles. The van der Waals surface area contributed by atoms with E-state index in [1.165, 1.54) is 83.5 Å². The number of anilines is 5. The third-order valence-electron chi connectivity index (χ3n) is 13.4. The minimum absolute atomic E-state index is 0.183. The van der Waals surface area contributed by atoms with Gasteiger partial charge in [-0.1, -0.05) is 177 Å². The summed E-state index contributed by atoms with van der Waals surface area (Å²) in [5.41, 5.74) is 21.9. The Kier molecular flexibility index (Phi) is 8.75. The van der Waals surface area contributed by atoms with Gasteiger partial charge in [0, 0.05) is 40.1 Å². The van der Waals surface area contributed by atoms with Crippen LogP contribution in [0.2, 0.25) is 0 Å². The fourth-order valence-electron chi connectivity index (χ4n) is 10.5. The second-order valence-corrected chi connectivity index (χ2v) is 18.7. The normalized spacial score (nSPS) is 16.0. The summed E-state index contributed by atoms with van der Waals surface area (Å²) in [4.78, 5) is 5.03. The van der Waals surface area contributed by atoms with Crippen LogP contribution in [0.1, 0.15) is 46.6 Å². The van der Waals surface area contributed by atoms with Crippen molar-refractivity contribution in [3.8, 4) is 33.4 Å². The minimum atomic E-state index is -0.867. The van der Waals surface area contributed by atoms with Gasteiger partial charge in [0.2, 0.25) is 0 Å². The maximum atomic E-state index is 2.58. The molecule has 294 valence electrons. The lowest BCUT2D eigenvalue weighted by molar-refractivity contribution is 0.930. The van der Waals surface area contributed by atoms with Crippen molar-refractivity contribution in [3.05, 3.63) is 258 Å². The smallest absolute Gasteiger partial charge is 0.0934 e. The van der Waals surface area contributed by atoms with E-state index in [1.807, 2.05) is 0 Å². The summed E-state index contributed by atoms with van der Waals surface area (Å²) in [5, 5.41) is 3.02. The average Bonchev–Trinajstić information content (AvgIpc) is 3.82. The molecule has 12 rings (SSSR count). The van der Waals surface area contributed by atoms with Crippen LogP contribution in [-0.4, -0.2) is 9.52 Å². The fraction of sp³-hybridized carbons (Fsp3) is 0.0508. The van der Waals surface area contributed by atoms with Gasteiger partial charge in [-0.15, -0.1) is 0 Å². The molecule has 0 amide bonds. The molecule has 1 heterocycles. The SMILES string of the molecule is CC1c2ccccc2-c2ccc(N(c3cccc(-c4ccccc4)c3)c3cccc(-c4ccc5c(c4)[SiH2]C4=C(C(c6ccccc6)c6ccccc64)N5c4ccccc4)c3)cc21. The van der Waals surface area contributed by atoms with Crippen LogP contribution in [0.3, 0.4) is 0 Å². The first-order valence-electron chi connectivity index (χ1n) is 21.8. The molecule has 62 heavy (non-hydrogen) atoms. The van der Waals surface area contributed by atoms with E-state index in [0.717, 1.165) is 17.1 Å². The first-order valence-corrected chi connectivity index (χ1v) is 23.2. The molecule has 2 atom stereocenters. The van der Waals surface area contributed by atoms with E-state index >= 15 is 0 Å². The maximum Gasteiger partial charge on any atom is 0.0934 e. The second-order valence-electron chi connectivity index (χ2n) is 16.9. The Labute approximate surface area is 366 Å². The number of fused-ring (bicyclic) bond motifs is 6. The fourth-order valence-corrected chi connectivity index (χ4v) is 12.7. The molecule has 0 saturated heterocycles. The van der Waals surface area contributed by atoms with Crippen LogP contribution in [0, 0.1) is 0 Å². The molecule has 3 aliphatic rings. The predicted octanol–water partition coefficient (Wildman–Crippen LogP) is 14.1. The Balaban J connectivity index is 0.983. The van der Waals surface area contributed by atoms with E-state index in [2.05, 4.69) is 241 Å². The predicted molar refractivity (Wildman–Crippen MR) is 263 cm³/mol. The molecule has 0 fully saturated rings. The van der Waals surface area contributed by atoms with Crippen LogP contribution in [-0.2, 0) is 0 Å². The molecule has 0 aromatic heterocycles. The van der Waals surface area contributed by atoms with Gasteiger partial charge in [0.15, 0.2) is 0 Å². The third-order valence-corrected chi connectivity index (χ3v) is 15.4. The summed E-state index contributed by atoms with van der Waals surface area (Å²) < 4.78 is 0. The first kappa shape index (κ1) is 36.4. The van der Waals surface area contributed by atoms with Crippen molar-refractivity contribution in [2.45, 2.75) is 18.8 Å². The highest BCUT2D eigenvalue weighted by Gasteiger charge is 2.40. The van der Waals surface area contributed by atoms with Crippen LogP contribution in [0.4, 0.5) is 28.4 Å². The molecule has 0 saturated carbocycles. The number of allylic oxidation sites excluding steroid dienone is 1. The van der Waals surface area contributed by atoms with Crippen LogP contribution in [0.5, 0.6) is 0 Å². The minimum Gasteiger partial charge on any atom is -0.313 e. The van der Waals surface area contributed by atoms with Crippen molar-refractivity contribution in [3.63, 3.8) is 0 Å². The topological polar surface area (TPSA) is 6.48 Å². The Hall–Kier alpha value is -7.46. The molecule has 2 nitrogen and oxygen atoms in total. The van der Waals surface area contributed by atoms with E-state index in [-0.39, 0.29) is 5.92 Å². The van der Waals surface area contributed by atoms with E-state index in [0.29, 0.717) is 5.92 Å². The van der Waals surface area contributed by atoms with Gasteiger partial charge in [0.05, 0.1) is 15.4 Å². The molecule has 0 N–H and O–H groups in total.